The van der Waals surface area contributed by atoms with Gasteiger partial charge in [0.05, 0.1) is 0 Å². The molecule has 0 amide bonds. The van der Waals surface area contributed by atoms with E-state index in [0.717, 1.165) is 45.6 Å². The van der Waals surface area contributed by atoms with Gasteiger partial charge in [0.15, 0.2) is 0 Å². The fourth-order valence-electron chi connectivity index (χ4n) is 8.43. The van der Waals surface area contributed by atoms with Crippen molar-refractivity contribution in [3.8, 4) is 0 Å². The Hall–Kier alpha value is 2.44. The molecule has 0 radical (unpaired) electrons. The molecule has 2 aliphatic heterocycles. The molecule has 2 saturated heterocycles. The maximum absolute atomic E-state index is 12.3. The number of nitrogens with zero attached hydrogens (tertiary/aromatic N) is 4. The van der Waals surface area contributed by atoms with Crippen molar-refractivity contribution in [2.24, 2.45) is 5.92 Å². The second-order valence-electron chi connectivity index (χ2n) is 14.8. The Bertz CT molecular complexity index is 1290. The second kappa shape index (κ2) is 35.9. The van der Waals surface area contributed by atoms with Crippen LogP contribution in [-0.4, -0.2) is 103 Å². The molecule has 6 nitrogen and oxygen atoms in total. The number of alkyl halides is 1. The quantitative estimate of drug-likeness (QED) is 0.125. The molecular weight excluding hydrogens is 1360 g/mol. The van der Waals surface area contributed by atoms with E-state index in [1.165, 1.54) is 75.3 Å². The number of carbonyl (C=O) groups excluding carboxylic acids is 2. The summed E-state index contributed by atoms with van der Waals surface area (Å²) in [7, 11) is 9.17. The van der Waals surface area contributed by atoms with Gasteiger partial charge in [0.25, 0.3) is 0 Å². The molecule has 4 aliphatic rings. The number of hydrogen-bond donors (Lipinski definition) is 0. The van der Waals surface area contributed by atoms with E-state index in [1.807, 2.05) is 19.0 Å². The first-order valence-corrected chi connectivity index (χ1v) is 39.2. The van der Waals surface area contributed by atoms with Crippen LogP contribution in [0.25, 0.3) is 0 Å². The summed E-state index contributed by atoms with van der Waals surface area (Å²) in [6.45, 7) is 8.10. The van der Waals surface area contributed by atoms with Crippen LogP contribution in [0, 0.1) is 5.92 Å². The zero-order chi connectivity index (χ0) is 40.4. The van der Waals surface area contributed by atoms with Crippen molar-refractivity contribution in [3.05, 3.63) is 71.8 Å². The van der Waals surface area contributed by atoms with Crippen LogP contribution in [-0.2, 0) is 39.6 Å². The van der Waals surface area contributed by atoms with Crippen LogP contribution in [0.1, 0.15) is 102 Å². The Balaban J connectivity index is 0. The normalized spacial score (nSPS) is 19.9. The van der Waals surface area contributed by atoms with Gasteiger partial charge in [-0.15, -0.1) is 0 Å². The molecule has 2 aromatic rings. The summed E-state index contributed by atoms with van der Waals surface area (Å²) in [6.07, 6.45) is 15.1. The molecule has 2 aromatic carbocycles. The monoisotopic (exact) mass is 1430 g/mol. The third-order valence-electron chi connectivity index (χ3n) is 10.6. The fourth-order valence-corrected chi connectivity index (χ4v) is 8.43. The van der Waals surface area contributed by atoms with E-state index >= 15 is 0 Å². The van der Waals surface area contributed by atoms with Gasteiger partial charge < -0.3 is 17.3 Å². The molecule has 320 valence electrons. The molecule has 14 heteroatoms. The standard InChI is InChI=1S/C20H30N2O.C17H23NO.C3H8N.CH3I.CH4.ClH.4HI.2V/c1-21(2)15-17-16-22(14-11-19(17)23)20(12-7-4-8-13-20)18-9-5-3-6-10-18;19-16-9-13-18(14-10-16)17(11-5-2-6-12-17)15-7-3-1-4-8-15;1-4(2)3;1-2;;;;;;;;/h3,5-6,9-10,17H,4,7-8,11-16H2,1-2H3;1,3-4,7-8H,2,5-6,9-14H2;1H2,2-3H3;1H3;1H4;5*1H;;/q;;+1;;;;;;;;2*+2/p-5. The van der Waals surface area contributed by atoms with Gasteiger partial charge in [-0.25, -0.2) is 4.58 Å². The Morgan fingerprint density at radius 3 is 1.39 bits per heavy atom. The van der Waals surface area contributed by atoms with Gasteiger partial charge in [0.2, 0.25) is 0 Å². The van der Waals surface area contributed by atoms with Gasteiger partial charge in [0, 0.05) is 69.0 Å². The zero-order valence-electron chi connectivity index (χ0n) is 33.6. The minimum atomic E-state index is 0. The molecule has 1 unspecified atom stereocenters. The first kappa shape index (κ1) is 60.5. The molecule has 0 bridgehead atoms. The Morgan fingerprint density at radius 1 is 0.696 bits per heavy atom. The Labute approximate surface area is 420 Å². The van der Waals surface area contributed by atoms with Crippen LogP contribution in [0.2, 0.25) is 0 Å². The van der Waals surface area contributed by atoms with Crippen molar-refractivity contribution >= 4 is 121 Å². The summed E-state index contributed by atoms with van der Waals surface area (Å²) >= 11 is 11.6. The number of carbonyl (C=O) groups is 2. The Kier molecular flexibility index (Phi) is 38.7. The van der Waals surface area contributed by atoms with E-state index in [0.29, 0.717) is 36.9 Å². The average molecular weight is 1430 g/mol. The molecule has 2 heterocycles. The predicted octanol–water partition coefficient (Wildman–Crippen LogP) is 9.00. The van der Waals surface area contributed by atoms with Crippen LogP contribution in [0.4, 0.5) is 0 Å². The van der Waals surface area contributed by atoms with E-state index in [-0.39, 0.29) is 36.8 Å². The molecule has 0 aromatic heterocycles. The van der Waals surface area contributed by atoms with Gasteiger partial charge in [-0.1, -0.05) is 129 Å². The van der Waals surface area contributed by atoms with E-state index in [9.17, 15) is 9.59 Å². The van der Waals surface area contributed by atoms with Crippen LogP contribution in [0.15, 0.2) is 60.7 Å². The summed E-state index contributed by atoms with van der Waals surface area (Å²) in [5, 5.41) is 0. The van der Waals surface area contributed by atoms with Crippen LogP contribution in [0.3, 0.4) is 0 Å². The van der Waals surface area contributed by atoms with E-state index in [2.05, 4.69) is 199 Å². The average Bonchev–Trinajstić information content (AvgIpc) is 3.18. The number of rotatable bonds is 6. The number of benzene rings is 2. The van der Waals surface area contributed by atoms with Crippen molar-refractivity contribution in [1.82, 2.24) is 14.7 Å². The molecule has 0 spiro atoms. The SMILES string of the molecule is C.C=[N+](C)C.CI.CN(C)CC1CN(C2(c3ccccc3)CCCCC2)CCC1=O.O=C1CCN(C2(c3ccccc3)CCCCC2)CC1.[Cl-].[I][V][I].[I][V][I]. The molecule has 0 N–H and O–H groups in total. The molecule has 56 heavy (non-hydrogen) atoms. The fraction of sp³-hybridized carbons (Fsp3) is 0.643. The third-order valence-corrected chi connectivity index (χ3v) is 10.6. The van der Waals surface area contributed by atoms with Gasteiger partial charge in [-0.3, -0.25) is 19.4 Å². The zero-order valence-corrected chi connectivity index (χ0v) is 47.9. The number of halogens is 6. The van der Waals surface area contributed by atoms with Gasteiger partial charge in [-0.05, 0) is 55.8 Å². The number of piperidine rings is 2. The number of hydrogen-bond acceptors (Lipinski definition) is 5. The molecular formula is C42H68ClI5N4O2V2. The molecule has 2 saturated carbocycles. The van der Waals surface area contributed by atoms with Gasteiger partial charge in [-0.2, -0.15) is 0 Å². The number of ketones is 2. The van der Waals surface area contributed by atoms with Crippen molar-refractivity contribution < 1.29 is 45.5 Å². The molecule has 1 atom stereocenters. The summed E-state index contributed by atoms with van der Waals surface area (Å²) in [5.74, 6) is 1.06. The minimum absolute atomic E-state index is 0. The summed E-state index contributed by atoms with van der Waals surface area (Å²) < 4.78 is 1.75. The first-order valence-electron chi connectivity index (χ1n) is 19.0. The number of Topliss-reactive ketones (excluding diaryl/α,β-unsaturated/α-hetero) is 2. The van der Waals surface area contributed by atoms with Crippen molar-refractivity contribution in [3.63, 3.8) is 0 Å². The summed E-state index contributed by atoms with van der Waals surface area (Å²) in [4.78, 5) is 33.2. The first-order chi connectivity index (χ1) is 26.0. The maximum atomic E-state index is 12.3. The topological polar surface area (TPSA) is 46.9 Å². The predicted molar refractivity (Wildman–Crippen MR) is 273 cm³/mol. The van der Waals surface area contributed by atoms with E-state index < -0.39 is 0 Å². The van der Waals surface area contributed by atoms with Crippen molar-refractivity contribution in [2.75, 3.05) is 65.8 Å². The number of likely N-dealkylation sites (tertiary alicyclic amines) is 2. The van der Waals surface area contributed by atoms with Crippen LogP contribution < -0.4 is 12.4 Å². The van der Waals surface area contributed by atoms with Crippen LogP contribution >= 0.6 is 103 Å². The molecule has 6 rings (SSSR count). The van der Waals surface area contributed by atoms with E-state index in [4.69, 9.17) is 0 Å². The third kappa shape index (κ3) is 21.7. The van der Waals surface area contributed by atoms with E-state index in [1.54, 1.807) is 4.58 Å². The summed E-state index contributed by atoms with van der Waals surface area (Å²) in [5.41, 5.74) is 3.28. The van der Waals surface area contributed by atoms with Gasteiger partial charge in [0.1, 0.15) is 32.4 Å². The van der Waals surface area contributed by atoms with Crippen molar-refractivity contribution in [1.29, 1.82) is 0 Å². The van der Waals surface area contributed by atoms with Gasteiger partial charge >= 0.3 is 98.8 Å². The van der Waals surface area contributed by atoms with Crippen molar-refractivity contribution in [2.45, 2.75) is 102 Å². The second-order valence-corrected chi connectivity index (χ2v) is 38.4. The molecule has 4 fully saturated rings. The Morgan fingerprint density at radius 2 is 1.04 bits per heavy atom. The summed E-state index contributed by atoms with van der Waals surface area (Å²) in [6, 6.07) is 22.0. The van der Waals surface area contributed by atoms with Crippen LogP contribution in [0.5, 0.6) is 0 Å². The molecule has 2 aliphatic carbocycles.